The smallest absolute Gasteiger partial charge is 0.109 e. The van der Waals surface area contributed by atoms with E-state index in [1.54, 1.807) is 0 Å². The van der Waals surface area contributed by atoms with Gasteiger partial charge in [-0.25, -0.2) is 5.11 Å². The van der Waals surface area contributed by atoms with Gasteiger partial charge in [0.05, 0.1) is 6.10 Å². The number of β-amino-alcohol motifs (C(OH)–C–C–N with tert-alkyl or cyclic N) is 1. The zero-order valence-corrected chi connectivity index (χ0v) is 6.62. The van der Waals surface area contributed by atoms with Gasteiger partial charge in [-0.15, -0.1) is 0 Å². The van der Waals surface area contributed by atoms with E-state index in [2.05, 4.69) is 10.2 Å². The zero-order chi connectivity index (χ0) is 8.10. The minimum Gasteiger partial charge on any atom is -0.389 e. The summed E-state index contributed by atoms with van der Waals surface area (Å²) in [7, 11) is 0. The van der Waals surface area contributed by atoms with E-state index >= 15 is 0 Å². The normalized spacial score (nSPS) is 23.5. The number of rotatable bonds is 3. The average molecular weight is 159 g/mol. The first-order valence-electron chi connectivity index (χ1n) is 4.02. The van der Waals surface area contributed by atoms with Crippen molar-refractivity contribution >= 4 is 0 Å². The molecule has 0 aliphatic carbocycles. The molecular formula is C7H15N2O2. The topological polar surface area (TPSA) is 55.4 Å². The summed E-state index contributed by atoms with van der Waals surface area (Å²) in [6.45, 7) is 3.96. The Morgan fingerprint density at radius 1 is 1.45 bits per heavy atom. The third-order valence-electron chi connectivity index (χ3n) is 1.87. The van der Waals surface area contributed by atoms with Crippen LogP contribution in [-0.2, 0) is 5.11 Å². The lowest BCUT2D eigenvalue weighted by Crippen LogP contribution is -2.46. The Morgan fingerprint density at radius 2 is 2.09 bits per heavy atom. The van der Waals surface area contributed by atoms with Crippen LogP contribution in [0.15, 0.2) is 0 Å². The van der Waals surface area contributed by atoms with Gasteiger partial charge >= 0.3 is 0 Å². The van der Waals surface area contributed by atoms with Crippen LogP contribution in [0.2, 0.25) is 0 Å². The summed E-state index contributed by atoms with van der Waals surface area (Å²) in [5, 5.41) is 22.5. The molecule has 11 heavy (non-hydrogen) atoms. The van der Waals surface area contributed by atoms with Gasteiger partial charge in [-0.05, 0) is 0 Å². The molecule has 0 aromatic carbocycles. The van der Waals surface area contributed by atoms with Gasteiger partial charge in [0.2, 0.25) is 0 Å². The zero-order valence-electron chi connectivity index (χ0n) is 6.62. The first-order valence-corrected chi connectivity index (χ1v) is 4.02. The van der Waals surface area contributed by atoms with Crippen LogP contribution in [0.1, 0.15) is 0 Å². The van der Waals surface area contributed by atoms with Crippen LogP contribution < -0.4 is 5.32 Å². The maximum Gasteiger partial charge on any atom is 0.109 e. The van der Waals surface area contributed by atoms with E-state index < -0.39 is 6.10 Å². The summed E-state index contributed by atoms with van der Waals surface area (Å²) >= 11 is 0. The molecule has 0 aromatic rings. The number of hydrogen-bond donors (Lipinski definition) is 2. The minimum atomic E-state index is -0.687. The molecule has 65 valence electrons. The molecule has 4 nitrogen and oxygen atoms in total. The van der Waals surface area contributed by atoms with Crippen molar-refractivity contribution in [2.24, 2.45) is 0 Å². The highest BCUT2D eigenvalue weighted by Crippen LogP contribution is 1.94. The summed E-state index contributed by atoms with van der Waals surface area (Å²) in [6.07, 6.45) is -0.687. The van der Waals surface area contributed by atoms with Gasteiger partial charge in [-0.2, -0.15) is 0 Å². The van der Waals surface area contributed by atoms with Crippen LogP contribution in [-0.4, -0.2) is 55.4 Å². The van der Waals surface area contributed by atoms with Crippen molar-refractivity contribution in [2.45, 2.75) is 6.10 Å². The molecule has 1 radical (unpaired) electrons. The Bertz CT molecular complexity index is 105. The highest BCUT2D eigenvalue weighted by Gasteiger charge is 2.13. The van der Waals surface area contributed by atoms with Crippen molar-refractivity contribution in [1.29, 1.82) is 0 Å². The van der Waals surface area contributed by atoms with E-state index in [0.717, 1.165) is 26.2 Å². The third kappa shape index (κ3) is 3.16. The maximum atomic E-state index is 10.2. The molecule has 1 unspecified atom stereocenters. The molecule has 0 saturated carbocycles. The first kappa shape index (κ1) is 8.93. The van der Waals surface area contributed by atoms with Crippen LogP contribution in [0.4, 0.5) is 0 Å². The average Bonchev–Trinajstić information content (AvgIpc) is 2.06. The number of piperazine rings is 1. The minimum absolute atomic E-state index is 0.385. The Balaban J connectivity index is 2.13. The second kappa shape index (κ2) is 4.66. The molecule has 4 heteroatoms. The van der Waals surface area contributed by atoms with Crippen LogP contribution in [0, 0.1) is 0 Å². The number of nitrogens with one attached hydrogen (secondary N) is 1. The molecule has 0 spiro atoms. The van der Waals surface area contributed by atoms with Crippen molar-refractivity contribution in [2.75, 3.05) is 39.3 Å². The second-order valence-corrected chi connectivity index (χ2v) is 2.87. The van der Waals surface area contributed by atoms with Gasteiger partial charge in [0.1, 0.15) is 6.61 Å². The largest absolute Gasteiger partial charge is 0.389 e. The van der Waals surface area contributed by atoms with E-state index in [0.29, 0.717) is 6.54 Å². The van der Waals surface area contributed by atoms with Crippen molar-refractivity contribution in [3.05, 3.63) is 0 Å². The third-order valence-corrected chi connectivity index (χ3v) is 1.87. The van der Waals surface area contributed by atoms with E-state index in [1.807, 2.05) is 0 Å². The fraction of sp³-hybridized carbons (Fsp3) is 1.00. The van der Waals surface area contributed by atoms with Crippen LogP contribution in [0.25, 0.3) is 0 Å². The van der Waals surface area contributed by atoms with Crippen LogP contribution in [0.5, 0.6) is 0 Å². The van der Waals surface area contributed by atoms with Crippen molar-refractivity contribution in [3.8, 4) is 0 Å². The van der Waals surface area contributed by atoms with Gasteiger partial charge in [-0.3, -0.25) is 4.90 Å². The molecule has 1 saturated heterocycles. The summed E-state index contributed by atoms with van der Waals surface area (Å²) in [6, 6.07) is 0. The Kier molecular flexibility index (Phi) is 3.79. The van der Waals surface area contributed by atoms with E-state index in [4.69, 9.17) is 5.11 Å². The maximum absolute atomic E-state index is 10.2. The second-order valence-electron chi connectivity index (χ2n) is 2.87. The summed E-state index contributed by atoms with van der Waals surface area (Å²) in [5.74, 6) is 0. The van der Waals surface area contributed by atoms with E-state index in [9.17, 15) is 5.11 Å². The molecule has 0 aromatic heterocycles. The van der Waals surface area contributed by atoms with E-state index in [-0.39, 0.29) is 6.61 Å². The summed E-state index contributed by atoms with van der Waals surface area (Å²) in [5.41, 5.74) is 0. The molecule has 1 atom stereocenters. The molecule has 1 fully saturated rings. The lowest BCUT2D eigenvalue weighted by molar-refractivity contribution is 0.0273. The first-order chi connectivity index (χ1) is 5.33. The fourth-order valence-corrected chi connectivity index (χ4v) is 1.24. The number of aliphatic hydroxyl groups is 1. The van der Waals surface area contributed by atoms with Crippen LogP contribution >= 0.6 is 0 Å². The molecule has 1 rings (SSSR count). The standard InChI is InChI=1S/C7H15N2O2/c10-6-7(11)5-9-3-1-8-2-4-9/h7-8,11H,1-6H2. The molecule has 0 bridgehead atoms. The molecule has 2 N–H and O–H groups in total. The number of aliphatic hydroxyl groups excluding tert-OH is 1. The fourth-order valence-electron chi connectivity index (χ4n) is 1.24. The summed E-state index contributed by atoms with van der Waals surface area (Å²) in [4.78, 5) is 2.11. The Labute approximate surface area is 66.8 Å². The van der Waals surface area contributed by atoms with Crippen LogP contribution in [0.3, 0.4) is 0 Å². The lowest BCUT2D eigenvalue weighted by atomic mass is 10.3. The van der Waals surface area contributed by atoms with Gasteiger partial charge in [0, 0.05) is 32.7 Å². The monoisotopic (exact) mass is 159 g/mol. The molecule has 1 heterocycles. The van der Waals surface area contributed by atoms with Gasteiger partial charge < -0.3 is 10.4 Å². The van der Waals surface area contributed by atoms with Crippen molar-refractivity contribution in [1.82, 2.24) is 10.2 Å². The molecule has 1 aliphatic heterocycles. The number of hydrogen-bond acceptors (Lipinski definition) is 3. The van der Waals surface area contributed by atoms with Gasteiger partial charge in [-0.1, -0.05) is 0 Å². The Morgan fingerprint density at radius 3 is 2.64 bits per heavy atom. The molecule has 1 aliphatic rings. The summed E-state index contributed by atoms with van der Waals surface area (Å²) < 4.78 is 0. The van der Waals surface area contributed by atoms with Gasteiger partial charge in [0.25, 0.3) is 0 Å². The van der Waals surface area contributed by atoms with Crippen molar-refractivity contribution < 1.29 is 10.2 Å². The molecule has 0 amide bonds. The quantitative estimate of drug-likeness (QED) is 0.537. The van der Waals surface area contributed by atoms with Crippen molar-refractivity contribution in [3.63, 3.8) is 0 Å². The molecular weight excluding hydrogens is 144 g/mol. The van der Waals surface area contributed by atoms with Gasteiger partial charge in [0.15, 0.2) is 0 Å². The highest BCUT2D eigenvalue weighted by atomic mass is 16.3. The number of nitrogens with zero attached hydrogens (tertiary/aromatic N) is 1. The highest BCUT2D eigenvalue weighted by molar-refractivity contribution is 4.70. The lowest BCUT2D eigenvalue weighted by Gasteiger charge is -2.28. The predicted octanol–water partition coefficient (Wildman–Crippen LogP) is -1.32. The Hall–Kier alpha value is -0.160. The van der Waals surface area contributed by atoms with E-state index in [1.165, 1.54) is 0 Å². The SMILES string of the molecule is [O]CC(O)CN1CCNCC1. The predicted molar refractivity (Wildman–Crippen MR) is 40.9 cm³/mol.